The summed E-state index contributed by atoms with van der Waals surface area (Å²) in [6.45, 7) is 2.01. The zero-order chi connectivity index (χ0) is 32.1. The third-order valence-corrected chi connectivity index (χ3v) is 8.17. The molecule has 10 nitrogen and oxygen atoms in total. The average Bonchev–Trinajstić information content (AvgIpc) is 3.40. The molecule has 6 rings (SSSR count). The maximum Gasteiger partial charge on any atom is 0.416 e. The van der Waals surface area contributed by atoms with Crippen LogP contribution in [0.4, 0.5) is 33.6 Å². The number of carbonyl (C=O) groups excluding carboxylic acids is 2. The smallest absolute Gasteiger partial charge is 0.416 e. The van der Waals surface area contributed by atoms with Gasteiger partial charge in [-0.1, -0.05) is 0 Å². The van der Waals surface area contributed by atoms with Crippen molar-refractivity contribution in [3.05, 3.63) is 65.9 Å². The summed E-state index contributed by atoms with van der Waals surface area (Å²) in [6.07, 6.45) is -0.713. The number of hydrogen-bond acceptors (Lipinski definition) is 7. The Bertz CT molecular complexity index is 1790. The molecule has 2 fully saturated rings. The van der Waals surface area contributed by atoms with E-state index in [1.54, 1.807) is 23.6 Å². The number of alkyl halides is 5. The van der Waals surface area contributed by atoms with Gasteiger partial charge in [-0.15, -0.1) is 0 Å². The van der Waals surface area contributed by atoms with Gasteiger partial charge in [0, 0.05) is 55.0 Å². The Balaban J connectivity index is 1.35. The highest BCUT2D eigenvalue weighted by Gasteiger charge is 2.51. The number of aromatic nitrogens is 4. The third kappa shape index (κ3) is 5.62. The Hall–Kier alpha value is -4.82. The highest BCUT2D eigenvalue weighted by molar-refractivity contribution is 6.04. The minimum absolute atomic E-state index is 0.0703. The lowest BCUT2D eigenvalue weighted by Crippen LogP contribution is -2.58. The van der Waals surface area contributed by atoms with E-state index in [0.29, 0.717) is 29.0 Å². The van der Waals surface area contributed by atoms with Crippen LogP contribution in [-0.4, -0.2) is 61.2 Å². The van der Waals surface area contributed by atoms with Gasteiger partial charge in [0.05, 0.1) is 18.2 Å². The Morgan fingerprint density at radius 1 is 1.16 bits per heavy atom. The molecule has 2 saturated heterocycles. The fourth-order valence-electron chi connectivity index (χ4n) is 6.04. The van der Waals surface area contributed by atoms with Crippen LogP contribution in [0.3, 0.4) is 0 Å². The number of piperidine rings is 2. The Kier molecular flexibility index (Phi) is 7.57. The van der Waals surface area contributed by atoms with Crippen LogP contribution >= 0.6 is 0 Å². The number of fused-ring (bicyclic) bond motifs is 2. The molecule has 1 aromatic carbocycles. The van der Waals surface area contributed by atoms with Crippen LogP contribution in [0.25, 0.3) is 16.8 Å². The fraction of sp³-hybridized carbons (Fsp3) is 0.367. The van der Waals surface area contributed by atoms with E-state index in [2.05, 4.69) is 15.3 Å². The Morgan fingerprint density at radius 3 is 2.71 bits per heavy atom. The molecule has 2 aliphatic rings. The van der Waals surface area contributed by atoms with Crippen LogP contribution in [0.5, 0.6) is 5.75 Å². The Labute approximate surface area is 253 Å². The number of halogens is 5. The summed E-state index contributed by atoms with van der Waals surface area (Å²) in [4.78, 5) is 39.8. The number of nitrogen functional groups attached to an aromatic ring is 1. The van der Waals surface area contributed by atoms with Crippen molar-refractivity contribution < 1.29 is 36.3 Å². The molecule has 2 amide bonds. The lowest BCUT2D eigenvalue weighted by atomic mass is 9.84. The predicted octanol–water partition coefficient (Wildman–Crippen LogP) is 5.55. The van der Waals surface area contributed by atoms with Crippen LogP contribution in [0.15, 0.2) is 48.9 Å². The summed E-state index contributed by atoms with van der Waals surface area (Å²) >= 11 is 0. The lowest BCUT2D eigenvalue weighted by Gasteiger charge is -2.45. The molecule has 5 heterocycles. The van der Waals surface area contributed by atoms with E-state index < -0.39 is 36.0 Å². The molecule has 0 radical (unpaired) electrons. The lowest BCUT2D eigenvalue weighted by molar-refractivity contribution is -0.166. The van der Waals surface area contributed by atoms with E-state index >= 15 is 0 Å². The number of rotatable bonds is 6. The van der Waals surface area contributed by atoms with Crippen molar-refractivity contribution in [1.29, 1.82) is 0 Å². The average molecular weight is 630 g/mol. The van der Waals surface area contributed by atoms with Crippen LogP contribution < -0.4 is 15.8 Å². The molecule has 3 aromatic heterocycles. The van der Waals surface area contributed by atoms with Crippen LogP contribution in [0, 0.1) is 0 Å². The summed E-state index contributed by atoms with van der Waals surface area (Å²) in [7, 11) is 0. The summed E-state index contributed by atoms with van der Waals surface area (Å²) in [5.74, 6) is -3.75. The van der Waals surface area contributed by atoms with Crippen LogP contribution in [-0.2, 0) is 11.0 Å². The molecule has 2 atom stereocenters. The van der Waals surface area contributed by atoms with Gasteiger partial charge in [-0.05, 0) is 50.1 Å². The molecule has 0 bridgehead atoms. The number of anilines is 2. The summed E-state index contributed by atoms with van der Waals surface area (Å²) in [6, 6.07) is 4.84. The molecule has 0 spiro atoms. The van der Waals surface area contributed by atoms with Crippen molar-refractivity contribution in [3.8, 4) is 17.0 Å². The topological polar surface area (TPSA) is 128 Å². The second kappa shape index (κ2) is 11.3. The molecular weight excluding hydrogens is 601 g/mol. The van der Waals surface area contributed by atoms with Crippen LogP contribution in [0.1, 0.15) is 60.3 Å². The normalized spacial score (nSPS) is 19.8. The molecule has 15 heteroatoms. The van der Waals surface area contributed by atoms with Gasteiger partial charge in [-0.3, -0.25) is 14.0 Å². The van der Waals surface area contributed by atoms with Gasteiger partial charge < -0.3 is 20.7 Å². The standard InChI is InChI=1S/C30H28F5N7O3/c1-2-45-20-13-16(28(44)39-22-14-18(8-10-37-22)30(33,34)35)3-5-19(20)24-25-26(36)38-11-12-41(25)27(40-24)17-4-6-21-29(31,32)9-7-23(43)42(21)15-17/h3,5,8,10-14,17,21H,2,4,6-7,9,15H2,1H3,(H2,36,38)(H,37,39,44)/t17-,21-/m1/s1. The van der Waals surface area contributed by atoms with E-state index in [0.717, 1.165) is 18.3 Å². The Morgan fingerprint density at radius 2 is 1.96 bits per heavy atom. The summed E-state index contributed by atoms with van der Waals surface area (Å²) < 4.78 is 76.2. The van der Waals surface area contributed by atoms with Crippen molar-refractivity contribution in [3.63, 3.8) is 0 Å². The number of ether oxygens (including phenoxy) is 1. The zero-order valence-corrected chi connectivity index (χ0v) is 23.9. The zero-order valence-electron chi connectivity index (χ0n) is 23.9. The number of nitrogens with one attached hydrogen (secondary N) is 1. The first-order chi connectivity index (χ1) is 21.4. The SMILES string of the molecule is CCOc1cc(C(=O)Nc2cc(C(F)(F)F)ccn2)ccc1-c1nc([C@@H]2CC[C@H]3N(C2)C(=O)CCC3(F)F)n2ccnc(N)c12. The molecule has 2 aliphatic heterocycles. The van der Waals surface area contributed by atoms with Crippen LogP contribution in [0.2, 0.25) is 0 Å². The quantitative estimate of drug-likeness (QED) is 0.268. The maximum absolute atomic E-state index is 14.6. The molecule has 236 valence electrons. The van der Waals surface area contributed by atoms with Crippen molar-refractivity contribution in [1.82, 2.24) is 24.3 Å². The summed E-state index contributed by atoms with van der Waals surface area (Å²) in [5, 5.41) is 2.38. The summed E-state index contributed by atoms with van der Waals surface area (Å²) in [5.41, 5.74) is 6.67. The number of carbonyl (C=O) groups is 2. The van der Waals surface area contributed by atoms with Gasteiger partial charge in [-0.2, -0.15) is 13.2 Å². The number of imidazole rings is 1. The largest absolute Gasteiger partial charge is 0.493 e. The molecule has 45 heavy (non-hydrogen) atoms. The van der Waals surface area contributed by atoms with E-state index in [1.807, 2.05) is 0 Å². The first kappa shape index (κ1) is 30.2. The van der Waals surface area contributed by atoms with Crippen molar-refractivity contribution in [2.45, 2.75) is 56.7 Å². The van der Waals surface area contributed by atoms with E-state index in [9.17, 15) is 31.5 Å². The van der Waals surface area contributed by atoms with Gasteiger partial charge in [0.1, 0.15) is 34.4 Å². The van der Waals surface area contributed by atoms with Crippen molar-refractivity contribution in [2.24, 2.45) is 0 Å². The van der Waals surface area contributed by atoms with Gasteiger partial charge in [0.2, 0.25) is 5.91 Å². The maximum atomic E-state index is 14.6. The number of benzene rings is 1. The molecular formula is C30H28F5N7O3. The first-order valence-electron chi connectivity index (χ1n) is 14.3. The molecule has 0 aliphatic carbocycles. The van der Waals surface area contributed by atoms with Gasteiger partial charge in [0.25, 0.3) is 11.8 Å². The van der Waals surface area contributed by atoms with E-state index in [1.165, 1.54) is 23.2 Å². The second-order valence-electron chi connectivity index (χ2n) is 11.0. The number of amides is 2. The highest BCUT2D eigenvalue weighted by atomic mass is 19.4. The third-order valence-electron chi connectivity index (χ3n) is 8.17. The van der Waals surface area contributed by atoms with Gasteiger partial charge in [-0.25, -0.2) is 23.7 Å². The first-order valence-corrected chi connectivity index (χ1v) is 14.3. The number of nitrogens with zero attached hydrogens (tertiary/aromatic N) is 5. The minimum atomic E-state index is -4.61. The predicted molar refractivity (Wildman–Crippen MR) is 153 cm³/mol. The number of pyridine rings is 1. The molecule has 3 N–H and O–H groups in total. The fourth-order valence-corrected chi connectivity index (χ4v) is 6.04. The van der Waals surface area contributed by atoms with Gasteiger partial charge >= 0.3 is 6.18 Å². The van der Waals surface area contributed by atoms with E-state index in [-0.39, 0.29) is 60.8 Å². The number of hydrogen-bond donors (Lipinski definition) is 2. The van der Waals surface area contributed by atoms with Crippen molar-refractivity contribution >= 4 is 29.0 Å². The monoisotopic (exact) mass is 629 g/mol. The van der Waals surface area contributed by atoms with Gasteiger partial charge in [0.15, 0.2) is 0 Å². The van der Waals surface area contributed by atoms with Crippen molar-refractivity contribution in [2.75, 3.05) is 24.2 Å². The molecule has 4 aromatic rings. The number of nitrogens with two attached hydrogens (primary N) is 1. The molecule has 0 saturated carbocycles. The molecule has 0 unspecified atom stereocenters. The van der Waals surface area contributed by atoms with E-state index in [4.69, 9.17) is 15.5 Å². The second-order valence-corrected chi connectivity index (χ2v) is 11.0. The highest BCUT2D eigenvalue weighted by Crippen LogP contribution is 2.44. The minimum Gasteiger partial charge on any atom is -0.493 e.